The molecule has 14 heavy (non-hydrogen) atoms. The molecule has 0 amide bonds. The predicted octanol–water partition coefficient (Wildman–Crippen LogP) is 2.33. The third kappa shape index (κ3) is 2.30. The van der Waals surface area contributed by atoms with Crippen LogP contribution in [0.2, 0.25) is 5.02 Å². The Balaban J connectivity index is 3.06. The van der Waals surface area contributed by atoms with Gasteiger partial charge in [-0.3, -0.25) is 4.79 Å². The number of hydrogen-bond donors (Lipinski definition) is 2. The SMILES string of the molecule is Nc1ccc(C(CCl)C(=O)O)cc1Cl. The molecule has 1 atom stereocenters. The normalized spacial score (nSPS) is 12.4. The van der Waals surface area contributed by atoms with Crippen LogP contribution in [-0.4, -0.2) is 17.0 Å². The van der Waals surface area contributed by atoms with Gasteiger partial charge in [-0.25, -0.2) is 0 Å². The van der Waals surface area contributed by atoms with E-state index in [4.69, 9.17) is 34.0 Å². The van der Waals surface area contributed by atoms with Crippen molar-refractivity contribution in [3.63, 3.8) is 0 Å². The van der Waals surface area contributed by atoms with Crippen LogP contribution >= 0.6 is 23.2 Å². The van der Waals surface area contributed by atoms with E-state index >= 15 is 0 Å². The van der Waals surface area contributed by atoms with Gasteiger partial charge in [0.1, 0.15) is 0 Å². The summed E-state index contributed by atoms with van der Waals surface area (Å²) in [6, 6.07) is 4.71. The number of anilines is 1. The molecular formula is C9H9Cl2NO2. The first kappa shape index (κ1) is 11.1. The number of aliphatic carboxylic acids is 1. The molecule has 1 aromatic rings. The van der Waals surface area contributed by atoms with Crippen molar-refractivity contribution >= 4 is 34.9 Å². The van der Waals surface area contributed by atoms with Gasteiger partial charge in [0.25, 0.3) is 0 Å². The molecule has 1 unspecified atom stereocenters. The minimum Gasteiger partial charge on any atom is -0.481 e. The van der Waals surface area contributed by atoms with Crippen molar-refractivity contribution in [1.82, 2.24) is 0 Å². The van der Waals surface area contributed by atoms with Gasteiger partial charge in [-0.05, 0) is 17.7 Å². The van der Waals surface area contributed by atoms with Crippen molar-refractivity contribution in [1.29, 1.82) is 0 Å². The summed E-state index contributed by atoms with van der Waals surface area (Å²) in [5.74, 6) is -1.70. The number of hydrogen-bond acceptors (Lipinski definition) is 2. The number of benzene rings is 1. The number of carboxylic acids is 1. The maximum Gasteiger partial charge on any atom is 0.312 e. The van der Waals surface area contributed by atoms with Gasteiger partial charge >= 0.3 is 5.97 Å². The summed E-state index contributed by atoms with van der Waals surface area (Å²) in [5.41, 5.74) is 6.48. The molecule has 1 aromatic carbocycles. The number of carbonyl (C=O) groups is 1. The highest BCUT2D eigenvalue weighted by Gasteiger charge is 2.18. The number of nitrogens with two attached hydrogens (primary N) is 1. The van der Waals surface area contributed by atoms with Gasteiger partial charge in [0, 0.05) is 5.88 Å². The van der Waals surface area contributed by atoms with Crippen molar-refractivity contribution in [2.24, 2.45) is 0 Å². The summed E-state index contributed by atoms with van der Waals surface area (Å²) in [6.45, 7) is 0. The van der Waals surface area contributed by atoms with Crippen molar-refractivity contribution in [3.8, 4) is 0 Å². The summed E-state index contributed by atoms with van der Waals surface area (Å²) < 4.78 is 0. The molecule has 3 N–H and O–H groups in total. The molecule has 5 heteroatoms. The van der Waals surface area contributed by atoms with Crippen LogP contribution < -0.4 is 5.73 Å². The maximum absolute atomic E-state index is 10.8. The molecule has 0 aliphatic carbocycles. The Bertz CT molecular complexity index is 355. The monoisotopic (exact) mass is 233 g/mol. The molecule has 0 spiro atoms. The Labute approximate surface area is 91.4 Å². The van der Waals surface area contributed by atoms with Gasteiger partial charge in [0.2, 0.25) is 0 Å². The van der Waals surface area contributed by atoms with Gasteiger partial charge in [0.15, 0.2) is 0 Å². The van der Waals surface area contributed by atoms with Crippen molar-refractivity contribution in [3.05, 3.63) is 28.8 Å². The van der Waals surface area contributed by atoms with Crippen molar-refractivity contribution in [2.45, 2.75) is 5.92 Å². The first-order valence-corrected chi connectivity index (χ1v) is 4.81. The van der Waals surface area contributed by atoms with Crippen molar-refractivity contribution < 1.29 is 9.90 Å². The molecular weight excluding hydrogens is 225 g/mol. The molecule has 0 saturated heterocycles. The summed E-state index contributed by atoms with van der Waals surface area (Å²) >= 11 is 11.3. The van der Waals surface area contributed by atoms with Gasteiger partial charge in [-0.2, -0.15) is 0 Å². The van der Waals surface area contributed by atoms with Gasteiger partial charge in [-0.1, -0.05) is 17.7 Å². The molecule has 3 nitrogen and oxygen atoms in total. The standard InChI is InChI=1S/C9H9Cl2NO2/c10-4-6(9(13)14)5-1-2-8(12)7(11)3-5/h1-3,6H,4,12H2,(H,13,14). The van der Waals surface area contributed by atoms with E-state index in [1.807, 2.05) is 0 Å². The van der Waals surface area contributed by atoms with E-state index in [0.717, 1.165) is 0 Å². The largest absolute Gasteiger partial charge is 0.481 e. The molecule has 0 saturated carbocycles. The molecule has 0 aliphatic heterocycles. The Morgan fingerprint density at radius 3 is 2.64 bits per heavy atom. The smallest absolute Gasteiger partial charge is 0.312 e. The third-order valence-corrected chi connectivity index (χ3v) is 2.52. The van der Waals surface area contributed by atoms with Crippen LogP contribution in [0.15, 0.2) is 18.2 Å². The highest BCUT2D eigenvalue weighted by molar-refractivity contribution is 6.33. The zero-order valence-corrected chi connectivity index (χ0v) is 8.72. The number of nitrogen functional groups attached to an aromatic ring is 1. The Morgan fingerprint density at radius 1 is 1.57 bits per heavy atom. The summed E-state index contributed by atoms with van der Waals surface area (Å²) in [5, 5.41) is 9.17. The molecule has 0 bridgehead atoms. The fourth-order valence-corrected chi connectivity index (χ4v) is 1.56. The zero-order valence-electron chi connectivity index (χ0n) is 7.21. The molecule has 1 rings (SSSR count). The van der Waals surface area contributed by atoms with E-state index in [1.165, 1.54) is 6.07 Å². The molecule has 0 fully saturated rings. The molecule has 0 radical (unpaired) electrons. The average molecular weight is 234 g/mol. The van der Waals surface area contributed by atoms with Crippen molar-refractivity contribution in [2.75, 3.05) is 11.6 Å². The Kier molecular flexibility index (Phi) is 3.61. The highest BCUT2D eigenvalue weighted by atomic mass is 35.5. The maximum atomic E-state index is 10.8. The van der Waals surface area contributed by atoms with Crippen LogP contribution in [-0.2, 0) is 4.79 Å². The van der Waals surface area contributed by atoms with E-state index in [0.29, 0.717) is 16.3 Å². The fourth-order valence-electron chi connectivity index (χ4n) is 1.06. The van der Waals surface area contributed by atoms with E-state index in [2.05, 4.69) is 0 Å². The van der Waals surface area contributed by atoms with Gasteiger partial charge in [-0.15, -0.1) is 11.6 Å². The predicted molar refractivity (Wildman–Crippen MR) is 57.0 cm³/mol. The van der Waals surface area contributed by atoms with Crippen LogP contribution in [0.3, 0.4) is 0 Å². The molecule has 76 valence electrons. The lowest BCUT2D eigenvalue weighted by molar-refractivity contribution is -0.138. The fraction of sp³-hybridized carbons (Fsp3) is 0.222. The first-order chi connectivity index (χ1) is 6.56. The lowest BCUT2D eigenvalue weighted by Gasteiger charge is -2.09. The van der Waals surface area contributed by atoms with Crippen LogP contribution in [0.25, 0.3) is 0 Å². The van der Waals surface area contributed by atoms with Crippen LogP contribution in [0.5, 0.6) is 0 Å². The van der Waals surface area contributed by atoms with Gasteiger partial charge in [0.05, 0.1) is 16.6 Å². The second kappa shape index (κ2) is 4.53. The second-order valence-corrected chi connectivity index (χ2v) is 3.54. The minimum atomic E-state index is -0.971. The molecule has 0 heterocycles. The van der Waals surface area contributed by atoms with Crippen LogP contribution in [0.4, 0.5) is 5.69 Å². The van der Waals surface area contributed by atoms with E-state index in [-0.39, 0.29) is 5.88 Å². The van der Waals surface area contributed by atoms with E-state index in [9.17, 15) is 4.79 Å². The lowest BCUT2D eigenvalue weighted by Crippen LogP contribution is -2.13. The minimum absolute atomic E-state index is 0.00950. The topological polar surface area (TPSA) is 63.3 Å². The second-order valence-electron chi connectivity index (χ2n) is 2.83. The lowest BCUT2D eigenvalue weighted by atomic mass is 10.0. The zero-order chi connectivity index (χ0) is 10.7. The molecule has 0 aliphatic rings. The van der Waals surface area contributed by atoms with E-state index in [1.54, 1.807) is 12.1 Å². The number of rotatable bonds is 3. The quantitative estimate of drug-likeness (QED) is 0.623. The summed E-state index contributed by atoms with van der Waals surface area (Å²) in [7, 11) is 0. The Hall–Kier alpha value is -0.930. The number of halogens is 2. The number of carboxylic acid groups (broad SMARTS) is 1. The summed E-state index contributed by atoms with van der Waals surface area (Å²) in [6.07, 6.45) is 0. The van der Waals surface area contributed by atoms with Crippen LogP contribution in [0, 0.1) is 0 Å². The van der Waals surface area contributed by atoms with Crippen LogP contribution in [0.1, 0.15) is 11.5 Å². The molecule has 0 aromatic heterocycles. The van der Waals surface area contributed by atoms with Gasteiger partial charge < -0.3 is 10.8 Å². The third-order valence-electron chi connectivity index (χ3n) is 1.88. The first-order valence-electron chi connectivity index (χ1n) is 3.90. The number of alkyl halides is 1. The summed E-state index contributed by atoms with van der Waals surface area (Å²) in [4.78, 5) is 10.8. The average Bonchev–Trinajstić information content (AvgIpc) is 2.11. The Morgan fingerprint density at radius 2 is 2.21 bits per heavy atom. The van der Waals surface area contributed by atoms with E-state index < -0.39 is 11.9 Å². The highest BCUT2D eigenvalue weighted by Crippen LogP contribution is 2.25.